The molecule has 0 aliphatic heterocycles. The van der Waals surface area contributed by atoms with Gasteiger partial charge in [0.05, 0.1) is 19.2 Å². The van der Waals surface area contributed by atoms with Gasteiger partial charge < -0.3 is 37.0 Å². The maximum atomic E-state index is 12.2. The Labute approximate surface area is 180 Å². The lowest BCUT2D eigenvalue weighted by Gasteiger charge is -2.22. The van der Waals surface area contributed by atoms with Gasteiger partial charge >= 0.3 is 5.97 Å². The van der Waals surface area contributed by atoms with Crippen molar-refractivity contribution < 1.29 is 34.5 Å². The summed E-state index contributed by atoms with van der Waals surface area (Å²) in [6, 6.07) is 2.43. The number of amides is 3. The van der Waals surface area contributed by atoms with Gasteiger partial charge in [-0.2, -0.15) is 0 Å². The summed E-state index contributed by atoms with van der Waals surface area (Å²) in [6.45, 7) is 2.38. The summed E-state index contributed by atoms with van der Waals surface area (Å²) in [6.07, 6.45) is 0.623. The van der Waals surface area contributed by atoms with E-state index in [9.17, 15) is 34.5 Å². The van der Waals surface area contributed by atoms with Crippen LogP contribution in [-0.4, -0.2) is 70.3 Å². The van der Waals surface area contributed by atoms with Gasteiger partial charge in [-0.1, -0.05) is 32.4 Å². The molecule has 1 rings (SSSR count). The van der Waals surface area contributed by atoms with Crippen LogP contribution in [0.25, 0.3) is 0 Å². The van der Waals surface area contributed by atoms with Crippen LogP contribution in [0.3, 0.4) is 0 Å². The van der Waals surface area contributed by atoms with Gasteiger partial charge in [-0.05, 0) is 23.6 Å². The van der Waals surface area contributed by atoms with Gasteiger partial charge in [0.2, 0.25) is 17.7 Å². The molecule has 11 nitrogen and oxygen atoms in total. The van der Waals surface area contributed by atoms with Gasteiger partial charge in [-0.3, -0.25) is 14.4 Å². The Hall–Kier alpha value is -3.18. The Morgan fingerprint density at radius 2 is 1.65 bits per heavy atom. The third-order valence-corrected chi connectivity index (χ3v) is 4.81. The van der Waals surface area contributed by atoms with E-state index in [1.54, 1.807) is 6.92 Å². The molecule has 0 aromatic heterocycles. The zero-order chi connectivity index (χ0) is 23.6. The van der Waals surface area contributed by atoms with Crippen molar-refractivity contribution in [3.63, 3.8) is 0 Å². The third kappa shape index (κ3) is 8.60. The molecule has 0 fully saturated rings. The van der Waals surface area contributed by atoms with Crippen LogP contribution in [0.1, 0.15) is 25.8 Å². The number of rotatable bonds is 12. The Kier molecular flexibility index (Phi) is 10.4. The van der Waals surface area contributed by atoms with Crippen molar-refractivity contribution >= 4 is 23.7 Å². The number of carbonyl (C=O) groups excluding carboxylic acids is 3. The van der Waals surface area contributed by atoms with E-state index < -0.39 is 55.0 Å². The highest BCUT2D eigenvalue weighted by molar-refractivity contribution is 5.92. The smallest absolute Gasteiger partial charge is 0.326 e. The van der Waals surface area contributed by atoms with E-state index in [-0.39, 0.29) is 18.1 Å². The minimum absolute atomic E-state index is 0.0259. The highest BCUT2D eigenvalue weighted by Crippen LogP contribution is 2.11. The second-order valence-corrected chi connectivity index (χ2v) is 7.20. The SMILES string of the molecule is CCC(C)C(N)C(=O)NC(CO)C(=O)NCC(=O)NC(Cc1ccc(O)cc1)C(=O)O. The number of aliphatic carboxylic acids is 1. The molecule has 0 saturated heterocycles. The zero-order valence-electron chi connectivity index (χ0n) is 17.5. The molecule has 172 valence electrons. The monoisotopic (exact) mass is 438 g/mol. The molecule has 8 N–H and O–H groups in total. The molecule has 4 unspecified atom stereocenters. The van der Waals surface area contributed by atoms with Gasteiger partial charge in [0.15, 0.2) is 0 Å². The lowest BCUT2D eigenvalue weighted by molar-refractivity contribution is -0.141. The number of nitrogens with two attached hydrogens (primary N) is 1. The summed E-state index contributed by atoms with van der Waals surface area (Å²) in [4.78, 5) is 47.8. The molecule has 0 saturated carbocycles. The molecule has 3 amide bonds. The summed E-state index contributed by atoms with van der Waals surface area (Å²) < 4.78 is 0. The van der Waals surface area contributed by atoms with Crippen LogP contribution in [0, 0.1) is 5.92 Å². The number of nitrogens with one attached hydrogen (secondary N) is 3. The van der Waals surface area contributed by atoms with E-state index in [2.05, 4.69) is 16.0 Å². The van der Waals surface area contributed by atoms with Crippen LogP contribution in [0.5, 0.6) is 5.75 Å². The van der Waals surface area contributed by atoms with Crippen LogP contribution < -0.4 is 21.7 Å². The molecule has 0 aliphatic carbocycles. The maximum absolute atomic E-state index is 12.2. The van der Waals surface area contributed by atoms with Crippen LogP contribution >= 0.6 is 0 Å². The van der Waals surface area contributed by atoms with Crippen molar-refractivity contribution in [1.82, 2.24) is 16.0 Å². The first kappa shape index (κ1) is 25.9. The predicted molar refractivity (Wildman–Crippen MR) is 111 cm³/mol. The molecule has 31 heavy (non-hydrogen) atoms. The first-order chi connectivity index (χ1) is 14.6. The molecule has 0 heterocycles. The zero-order valence-corrected chi connectivity index (χ0v) is 17.5. The number of benzene rings is 1. The molecule has 0 bridgehead atoms. The van der Waals surface area contributed by atoms with Crippen LogP contribution in [0.4, 0.5) is 0 Å². The molecule has 0 radical (unpaired) electrons. The number of phenols is 1. The van der Waals surface area contributed by atoms with Crippen molar-refractivity contribution in [3.8, 4) is 5.75 Å². The van der Waals surface area contributed by atoms with E-state index in [1.165, 1.54) is 24.3 Å². The molecule has 0 spiro atoms. The third-order valence-electron chi connectivity index (χ3n) is 4.81. The predicted octanol–water partition coefficient (Wildman–Crippen LogP) is -1.53. The van der Waals surface area contributed by atoms with E-state index >= 15 is 0 Å². The number of aromatic hydroxyl groups is 1. The molecule has 1 aromatic rings. The largest absolute Gasteiger partial charge is 0.508 e. The van der Waals surface area contributed by atoms with Crippen LogP contribution in [-0.2, 0) is 25.6 Å². The Morgan fingerprint density at radius 3 is 2.16 bits per heavy atom. The van der Waals surface area contributed by atoms with Crippen LogP contribution in [0.2, 0.25) is 0 Å². The molecule has 1 aromatic carbocycles. The topological polar surface area (TPSA) is 191 Å². The molecular formula is C20H30N4O7. The Morgan fingerprint density at radius 1 is 1.03 bits per heavy atom. The second kappa shape index (κ2) is 12.5. The van der Waals surface area contributed by atoms with E-state index in [0.717, 1.165) is 0 Å². The van der Waals surface area contributed by atoms with Crippen molar-refractivity contribution in [2.24, 2.45) is 11.7 Å². The highest BCUT2D eigenvalue weighted by atomic mass is 16.4. The van der Waals surface area contributed by atoms with Crippen molar-refractivity contribution in [3.05, 3.63) is 29.8 Å². The standard InChI is InChI=1S/C20H30N4O7/c1-3-11(2)17(21)19(29)24-15(10-25)18(28)22-9-16(27)23-14(20(30)31)8-12-4-6-13(26)7-5-12/h4-7,11,14-15,17,25-26H,3,8-10,21H2,1-2H3,(H,22,28)(H,23,27)(H,24,29)(H,30,31). The number of hydrogen-bond donors (Lipinski definition) is 7. The fourth-order valence-corrected chi connectivity index (χ4v) is 2.58. The van der Waals surface area contributed by atoms with E-state index in [4.69, 9.17) is 5.73 Å². The summed E-state index contributed by atoms with van der Waals surface area (Å²) >= 11 is 0. The quantitative estimate of drug-likeness (QED) is 0.204. The number of aliphatic hydroxyl groups excluding tert-OH is 1. The fraction of sp³-hybridized carbons (Fsp3) is 0.500. The maximum Gasteiger partial charge on any atom is 0.326 e. The molecule has 11 heteroatoms. The number of hydrogen-bond acceptors (Lipinski definition) is 7. The average Bonchev–Trinajstić information content (AvgIpc) is 2.75. The van der Waals surface area contributed by atoms with Crippen molar-refractivity contribution in [2.75, 3.05) is 13.2 Å². The first-order valence-electron chi connectivity index (χ1n) is 9.83. The Bertz CT molecular complexity index is 769. The lowest BCUT2D eigenvalue weighted by Crippen LogP contribution is -2.55. The summed E-state index contributed by atoms with van der Waals surface area (Å²) in [7, 11) is 0. The minimum atomic E-state index is -1.30. The second-order valence-electron chi connectivity index (χ2n) is 7.20. The number of carboxylic acid groups (broad SMARTS) is 1. The van der Waals surface area contributed by atoms with Gasteiger partial charge in [0, 0.05) is 6.42 Å². The van der Waals surface area contributed by atoms with Crippen molar-refractivity contribution in [1.29, 1.82) is 0 Å². The summed E-state index contributed by atoms with van der Waals surface area (Å²) in [5, 5.41) is 34.8. The normalized spacial score (nSPS) is 14.6. The first-order valence-corrected chi connectivity index (χ1v) is 9.83. The molecular weight excluding hydrogens is 408 g/mol. The summed E-state index contributed by atoms with van der Waals surface area (Å²) in [5.41, 5.74) is 6.37. The number of carboxylic acids is 1. The number of phenolic OH excluding ortho intramolecular Hbond substituents is 1. The molecule has 4 atom stereocenters. The van der Waals surface area contributed by atoms with E-state index in [0.29, 0.717) is 12.0 Å². The average molecular weight is 438 g/mol. The van der Waals surface area contributed by atoms with Gasteiger partial charge in [-0.15, -0.1) is 0 Å². The molecule has 0 aliphatic rings. The van der Waals surface area contributed by atoms with Gasteiger partial charge in [0.1, 0.15) is 17.8 Å². The summed E-state index contributed by atoms with van der Waals surface area (Å²) in [5.74, 6) is -3.56. The van der Waals surface area contributed by atoms with Gasteiger partial charge in [0.25, 0.3) is 0 Å². The lowest BCUT2D eigenvalue weighted by atomic mass is 9.99. The minimum Gasteiger partial charge on any atom is -0.508 e. The van der Waals surface area contributed by atoms with E-state index in [1.807, 2.05) is 6.92 Å². The number of carbonyl (C=O) groups is 4. The highest BCUT2D eigenvalue weighted by Gasteiger charge is 2.26. The fourth-order valence-electron chi connectivity index (χ4n) is 2.58. The Balaban J connectivity index is 2.59. The van der Waals surface area contributed by atoms with Gasteiger partial charge in [-0.25, -0.2) is 4.79 Å². The number of aliphatic hydroxyl groups is 1. The van der Waals surface area contributed by atoms with Crippen molar-refractivity contribution in [2.45, 2.75) is 44.8 Å². The van der Waals surface area contributed by atoms with Crippen LogP contribution in [0.15, 0.2) is 24.3 Å².